The van der Waals surface area contributed by atoms with Crippen molar-refractivity contribution in [2.45, 2.75) is 27.7 Å². The lowest BCUT2D eigenvalue weighted by Gasteiger charge is -2.24. The molecule has 0 atom stereocenters. The number of hydrogen-bond acceptors (Lipinski definition) is 5. The second-order valence-corrected chi connectivity index (χ2v) is 7.55. The Balaban J connectivity index is 2.01. The molecule has 0 spiro atoms. The number of carbonyl (C=O) groups is 1. The smallest absolute Gasteiger partial charge is 0.263 e. The third-order valence-electron chi connectivity index (χ3n) is 4.68. The lowest BCUT2D eigenvalue weighted by molar-refractivity contribution is 0.0982. The van der Waals surface area contributed by atoms with Crippen molar-refractivity contribution in [3.63, 3.8) is 0 Å². The maximum atomic E-state index is 14.1. The molecule has 0 aliphatic carbocycles. The van der Waals surface area contributed by atoms with Crippen LogP contribution in [0.1, 0.15) is 35.7 Å². The summed E-state index contributed by atoms with van der Waals surface area (Å²) >= 11 is 1.10. The molecular formula is C20H23F2N3O2S. The quantitative estimate of drug-likeness (QED) is 0.566. The predicted molar refractivity (Wildman–Crippen MR) is 107 cm³/mol. The Kier molecular flexibility index (Phi) is 6.10. The second kappa shape index (κ2) is 8.36. The van der Waals surface area contributed by atoms with Crippen LogP contribution in [0.15, 0.2) is 22.6 Å². The number of fused-ring (bicyclic) bond motifs is 1. The first kappa shape index (κ1) is 20.4. The van der Waals surface area contributed by atoms with Crippen LogP contribution in [0.25, 0.3) is 10.2 Å². The molecule has 0 aliphatic rings. The normalized spacial score (nSPS) is 11.5. The monoisotopic (exact) mass is 407 g/mol. The maximum Gasteiger partial charge on any atom is 0.263 e. The first-order valence-electron chi connectivity index (χ1n) is 9.20. The SMILES string of the molecule is CCN(CC)CCN(C(=O)c1cc(C)oc1C)c1nc2c(F)cc(F)cc2s1. The van der Waals surface area contributed by atoms with E-state index in [0.29, 0.717) is 40.0 Å². The molecule has 0 saturated heterocycles. The maximum absolute atomic E-state index is 14.1. The highest BCUT2D eigenvalue weighted by molar-refractivity contribution is 7.22. The summed E-state index contributed by atoms with van der Waals surface area (Å²) in [6.45, 7) is 10.3. The van der Waals surface area contributed by atoms with E-state index in [2.05, 4.69) is 23.7 Å². The summed E-state index contributed by atoms with van der Waals surface area (Å²) in [5.74, 6) is -0.497. The highest BCUT2D eigenvalue weighted by atomic mass is 32.1. The fraction of sp³-hybridized carbons (Fsp3) is 0.400. The van der Waals surface area contributed by atoms with Gasteiger partial charge in [-0.15, -0.1) is 0 Å². The fourth-order valence-electron chi connectivity index (χ4n) is 3.11. The predicted octanol–water partition coefficient (Wildman–Crippen LogP) is 4.77. The van der Waals surface area contributed by atoms with Gasteiger partial charge in [-0.05, 0) is 39.1 Å². The Morgan fingerprint density at radius 2 is 1.86 bits per heavy atom. The van der Waals surface area contributed by atoms with Crippen molar-refractivity contribution in [3.8, 4) is 0 Å². The Morgan fingerprint density at radius 3 is 2.46 bits per heavy atom. The number of hydrogen-bond donors (Lipinski definition) is 0. The third kappa shape index (κ3) is 4.07. The van der Waals surface area contributed by atoms with Crippen molar-refractivity contribution < 1.29 is 18.0 Å². The van der Waals surface area contributed by atoms with E-state index in [-0.39, 0.29) is 11.4 Å². The van der Waals surface area contributed by atoms with Gasteiger partial charge in [0.25, 0.3) is 5.91 Å². The molecule has 8 heteroatoms. The minimum Gasteiger partial charge on any atom is -0.466 e. The van der Waals surface area contributed by atoms with Gasteiger partial charge < -0.3 is 9.32 Å². The molecular weight excluding hydrogens is 384 g/mol. The minimum atomic E-state index is -0.732. The van der Waals surface area contributed by atoms with Crippen LogP contribution >= 0.6 is 11.3 Å². The van der Waals surface area contributed by atoms with Crippen molar-refractivity contribution in [2.75, 3.05) is 31.1 Å². The van der Waals surface area contributed by atoms with Crippen LogP contribution in [0.2, 0.25) is 0 Å². The largest absolute Gasteiger partial charge is 0.466 e. The summed E-state index contributed by atoms with van der Waals surface area (Å²) in [7, 11) is 0. The van der Waals surface area contributed by atoms with Crippen LogP contribution in [0.3, 0.4) is 0 Å². The first-order valence-corrected chi connectivity index (χ1v) is 10.0. The number of thiazole rings is 1. The molecule has 2 aromatic heterocycles. The zero-order chi connectivity index (χ0) is 20.4. The lowest BCUT2D eigenvalue weighted by Crippen LogP contribution is -2.39. The molecule has 0 bridgehead atoms. The minimum absolute atomic E-state index is 0.0714. The zero-order valence-corrected chi connectivity index (χ0v) is 17.2. The van der Waals surface area contributed by atoms with E-state index in [0.717, 1.165) is 30.5 Å². The van der Waals surface area contributed by atoms with Crippen LogP contribution in [0.4, 0.5) is 13.9 Å². The molecule has 0 saturated carbocycles. The van der Waals surface area contributed by atoms with Crippen LogP contribution < -0.4 is 4.90 Å². The Bertz CT molecular complexity index is 995. The van der Waals surface area contributed by atoms with E-state index in [1.807, 2.05) is 0 Å². The molecule has 3 aromatic rings. The molecule has 28 heavy (non-hydrogen) atoms. The number of aryl methyl sites for hydroxylation is 2. The summed E-state index contributed by atoms with van der Waals surface area (Å²) in [5.41, 5.74) is 0.519. The van der Waals surface area contributed by atoms with E-state index in [1.165, 1.54) is 11.0 Å². The average Bonchev–Trinajstić information content (AvgIpc) is 3.21. The molecule has 150 valence electrons. The average molecular weight is 407 g/mol. The summed E-state index contributed by atoms with van der Waals surface area (Å²) in [5, 5.41) is 0.343. The summed E-state index contributed by atoms with van der Waals surface area (Å²) in [4.78, 5) is 21.3. The molecule has 2 heterocycles. The van der Waals surface area contributed by atoms with Gasteiger partial charge in [-0.1, -0.05) is 25.2 Å². The van der Waals surface area contributed by atoms with Crippen LogP contribution in [0, 0.1) is 25.5 Å². The van der Waals surface area contributed by atoms with Gasteiger partial charge in [-0.25, -0.2) is 13.8 Å². The van der Waals surface area contributed by atoms with E-state index in [9.17, 15) is 13.6 Å². The molecule has 0 unspecified atom stereocenters. The van der Waals surface area contributed by atoms with Gasteiger partial charge in [0, 0.05) is 19.2 Å². The highest BCUT2D eigenvalue weighted by Gasteiger charge is 2.25. The molecule has 1 aromatic carbocycles. The number of aromatic nitrogens is 1. The number of benzene rings is 1. The van der Waals surface area contributed by atoms with Gasteiger partial charge in [0.2, 0.25) is 0 Å². The number of amides is 1. The molecule has 0 aliphatic heterocycles. The van der Waals surface area contributed by atoms with Gasteiger partial charge in [0.15, 0.2) is 10.9 Å². The van der Waals surface area contributed by atoms with E-state index in [1.54, 1.807) is 19.9 Å². The zero-order valence-electron chi connectivity index (χ0n) is 16.4. The number of rotatable bonds is 7. The highest BCUT2D eigenvalue weighted by Crippen LogP contribution is 2.32. The summed E-state index contributed by atoms with van der Waals surface area (Å²) in [6, 6.07) is 3.73. The van der Waals surface area contributed by atoms with Crippen molar-refractivity contribution in [2.24, 2.45) is 0 Å². The molecule has 0 fully saturated rings. The van der Waals surface area contributed by atoms with Crippen molar-refractivity contribution >= 4 is 32.6 Å². The number of anilines is 1. The van der Waals surface area contributed by atoms with Gasteiger partial charge in [-0.3, -0.25) is 9.69 Å². The Hall–Kier alpha value is -2.32. The lowest BCUT2D eigenvalue weighted by atomic mass is 10.2. The molecule has 3 rings (SSSR count). The number of halogens is 2. The van der Waals surface area contributed by atoms with Crippen LogP contribution in [-0.2, 0) is 0 Å². The number of furan rings is 1. The van der Waals surface area contributed by atoms with Gasteiger partial charge in [0.05, 0.1) is 10.3 Å². The van der Waals surface area contributed by atoms with Gasteiger partial charge >= 0.3 is 0 Å². The van der Waals surface area contributed by atoms with E-state index >= 15 is 0 Å². The van der Waals surface area contributed by atoms with E-state index < -0.39 is 11.6 Å². The summed E-state index contributed by atoms with van der Waals surface area (Å²) in [6.07, 6.45) is 0. The fourth-order valence-corrected chi connectivity index (χ4v) is 4.14. The topological polar surface area (TPSA) is 49.6 Å². The van der Waals surface area contributed by atoms with Gasteiger partial charge in [0.1, 0.15) is 22.9 Å². The number of carbonyl (C=O) groups excluding carboxylic acids is 1. The Labute approximate surface area is 166 Å². The molecule has 5 nitrogen and oxygen atoms in total. The molecule has 1 amide bonds. The second-order valence-electron chi connectivity index (χ2n) is 6.54. The third-order valence-corrected chi connectivity index (χ3v) is 5.71. The Morgan fingerprint density at radius 1 is 1.14 bits per heavy atom. The van der Waals surface area contributed by atoms with Crippen LogP contribution in [-0.4, -0.2) is 42.0 Å². The standard InChI is InChI=1S/C20H23F2N3O2S/c1-5-24(6-2)7-8-25(19(26)15-9-12(3)27-13(15)4)20-23-18-16(22)10-14(21)11-17(18)28-20/h9-11H,5-8H2,1-4H3. The van der Waals surface area contributed by atoms with Gasteiger partial charge in [-0.2, -0.15) is 0 Å². The van der Waals surface area contributed by atoms with Crippen LogP contribution in [0.5, 0.6) is 0 Å². The number of likely N-dealkylation sites (N-methyl/N-ethyl adjacent to an activating group) is 1. The van der Waals surface area contributed by atoms with Crippen molar-refractivity contribution in [1.82, 2.24) is 9.88 Å². The number of nitrogens with zero attached hydrogens (tertiary/aromatic N) is 3. The van der Waals surface area contributed by atoms with Crippen molar-refractivity contribution in [3.05, 3.63) is 46.9 Å². The van der Waals surface area contributed by atoms with E-state index in [4.69, 9.17) is 4.42 Å². The molecule has 0 N–H and O–H groups in total. The summed E-state index contributed by atoms with van der Waals surface area (Å²) < 4.78 is 33.6. The molecule has 0 radical (unpaired) electrons. The first-order chi connectivity index (χ1) is 13.3. The van der Waals surface area contributed by atoms with Crippen molar-refractivity contribution in [1.29, 1.82) is 0 Å².